The van der Waals surface area contributed by atoms with Crippen LogP contribution in [0.15, 0.2) is 78.9 Å². The monoisotopic (exact) mass is 384 g/mol. The Labute approximate surface area is 170 Å². The highest BCUT2D eigenvalue weighted by Gasteiger charge is 2.20. The number of ether oxygens (including phenoxy) is 1. The Bertz CT molecular complexity index is 1140. The number of aromatic nitrogens is 2. The Balaban J connectivity index is 1.81. The van der Waals surface area contributed by atoms with Gasteiger partial charge in [-0.2, -0.15) is 5.10 Å². The number of esters is 1. The maximum atomic E-state index is 12.5. The third-order valence-corrected chi connectivity index (χ3v) is 4.62. The molecular weight excluding hydrogens is 360 g/mol. The zero-order valence-corrected chi connectivity index (χ0v) is 16.9. The standard InChI is InChI=1S/C25H24N2O2/c1-25(2,3)29-24(28)19-14-15-21-22(17-19)26-27(20-12-8-5-9-13-20)23(21)16-18-10-6-4-7-11-18/h4-15,17H,16H2,1-3H3. The molecule has 0 saturated heterocycles. The van der Waals surface area contributed by atoms with Gasteiger partial charge in [-0.15, -0.1) is 0 Å². The number of rotatable bonds is 4. The third kappa shape index (κ3) is 4.21. The lowest BCUT2D eigenvalue weighted by atomic mass is 10.0. The van der Waals surface area contributed by atoms with Crippen LogP contribution in [0.1, 0.15) is 42.4 Å². The smallest absolute Gasteiger partial charge is 0.338 e. The van der Waals surface area contributed by atoms with E-state index in [1.807, 2.05) is 92.2 Å². The number of carbonyl (C=O) groups is 1. The van der Waals surface area contributed by atoms with E-state index in [9.17, 15) is 4.79 Å². The van der Waals surface area contributed by atoms with Gasteiger partial charge in [0.05, 0.1) is 22.5 Å². The number of para-hydroxylation sites is 1. The number of carbonyl (C=O) groups excluding carboxylic acids is 1. The highest BCUT2D eigenvalue weighted by molar-refractivity contribution is 5.95. The number of hydrogen-bond acceptors (Lipinski definition) is 3. The number of fused-ring (bicyclic) bond motifs is 1. The zero-order valence-electron chi connectivity index (χ0n) is 16.9. The average Bonchev–Trinajstić information content (AvgIpc) is 3.06. The first-order chi connectivity index (χ1) is 13.9. The fourth-order valence-electron chi connectivity index (χ4n) is 3.35. The van der Waals surface area contributed by atoms with Crippen LogP contribution < -0.4 is 0 Å². The van der Waals surface area contributed by atoms with Gasteiger partial charge in [-0.1, -0.05) is 54.6 Å². The number of hydrogen-bond donors (Lipinski definition) is 0. The van der Waals surface area contributed by atoms with Gasteiger partial charge in [0.15, 0.2) is 0 Å². The zero-order chi connectivity index (χ0) is 20.4. The molecule has 3 aromatic carbocycles. The summed E-state index contributed by atoms with van der Waals surface area (Å²) in [4.78, 5) is 12.5. The Morgan fingerprint density at radius 3 is 2.24 bits per heavy atom. The lowest BCUT2D eigenvalue weighted by Gasteiger charge is -2.19. The van der Waals surface area contributed by atoms with Crippen LogP contribution in [0.5, 0.6) is 0 Å². The van der Waals surface area contributed by atoms with Crippen molar-refractivity contribution in [3.63, 3.8) is 0 Å². The summed E-state index contributed by atoms with van der Waals surface area (Å²) in [6, 6.07) is 26.0. The van der Waals surface area contributed by atoms with Gasteiger partial charge in [-0.05, 0) is 50.6 Å². The summed E-state index contributed by atoms with van der Waals surface area (Å²) in [6.07, 6.45) is 0.748. The van der Waals surface area contributed by atoms with Crippen LogP contribution in [0.2, 0.25) is 0 Å². The Morgan fingerprint density at radius 2 is 1.59 bits per heavy atom. The fraction of sp³-hybridized carbons (Fsp3) is 0.200. The van der Waals surface area contributed by atoms with Crippen molar-refractivity contribution in [3.8, 4) is 5.69 Å². The van der Waals surface area contributed by atoms with E-state index in [1.54, 1.807) is 0 Å². The lowest BCUT2D eigenvalue weighted by molar-refractivity contribution is 0.00697. The van der Waals surface area contributed by atoms with Crippen LogP contribution in [0.3, 0.4) is 0 Å². The minimum Gasteiger partial charge on any atom is -0.456 e. The summed E-state index contributed by atoms with van der Waals surface area (Å²) in [7, 11) is 0. The van der Waals surface area contributed by atoms with E-state index in [-0.39, 0.29) is 5.97 Å². The maximum Gasteiger partial charge on any atom is 0.338 e. The molecule has 0 aliphatic heterocycles. The molecule has 0 N–H and O–H groups in total. The SMILES string of the molecule is CC(C)(C)OC(=O)c1ccc2c(Cc3ccccc3)n(-c3ccccc3)nc2c1. The van der Waals surface area contributed by atoms with E-state index in [2.05, 4.69) is 12.1 Å². The van der Waals surface area contributed by atoms with E-state index < -0.39 is 5.60 Å². The molecule has 1 heterocycles. The molecule has 4 nitrogen and oxygen atoms in total. The van der Waals surface area contributed by atoms with Gasteiger partial charge < -0.3 is 4.74 Å². The average molecular weight is 384 g/mol. The molecule has 29 heavy (non-hydrogen) atoms. The van der Waals surface area contributed by atoms with Crippen LogP contribution in [0, 0.1) is 0 Å². The Kier molecular flexibility index (Phi) is 4.93. The third-order valence-electron chi connectivity index (χ3n) is 4.62. The molecule has 0 unspecified atom stereocenters. The second kappa shape index (κ2) is 7.55. The van der Waals surface area contributed by atoms with Crippen molar-refractivity contribution in [2.45, 2.75) is 32.8 Å². The maximum absolute atomic E-state index is 12.5. The van der Waals surface area contributed by atoms with E-state index >= 15 is 0 Å². The van der Waals surface area contributed by atoms with E-state index in [4.69, 9.17) is 9.84 Å². The number of nitrogens with zero attached hydrogens (tertiary/aromatic N) is 2. The molecule has 0 amide bonds. The molecule has 0 radical (unpaired) electrons. The van der Waals surface area contributed by atoms with Crippen molar-refractivity contribution in [1.29, 1.82) is 0 Å². The predicted octanol–water partition coefficient (Wildman–Crippen LogP) is 5.57. The van der Waals surface area contributed by atoms with E-state index in [1.165, 1.54) is 5.56 Å². The van der Waals surface area contributed by atoms with Crippen molar-refractivity contribution in [2.75, 3.05) is 0 Å². The molecule has 0 spiro atoms. The van der Waals surface area contributed by atoms with E-state index in [0.717, 1.165) is 28.7 Å². The van der Waals surface area contributed by atoms with Gasteiger partial charge in [0.2, 0.25) is 0 Å². The second-order valence-electron chi connectivity index (χ2n) is 8.09. The first-order valence-electron chi connectivity index (χ1n) is 9.75. The van der Waals surface area contributed by atoms with Gasteiger partial charge in [-0.3, -0.25) is 0 Å². The minimum absolute atomic E-state index is 0.335. The molecular formula is C25H24N2O2. The summed E-state index contributed by atoms with van der Waals surface area (Å²) in [5.41, 5.74) is 4.05. The Hall–Kier alpha value is -3.40. The van der Waals surface area contributed by atoms with E-state index in [0.29, 0.717) is 5.56 Å². The first kappa shape index (κ1) is 18.9. The molecule has 146 valence electrons. The molecule has 4 heteroatoms. The molecule has 1 aromatic heterocycles. The van der Waals surface area contributed by atoms with Crippen molar-refractivity contribution < 1.29 is 9.53 Å². The molecule has 4 aromatic rings. The highest BCUT2D eigenvalue weighted by atomic mass is 16.6. The summed E-state index contributed by atoms with van der Waals surface area (Å²) in [5, 5.41) is 5.86. The van der Waals surface area contributed by atoms with Crippen molar-refractivity contribution in [1.82, 2.24) is 9.78 Å². The quantitative estimate of drug-likeness (QED) is 0.432. The van der Waals surface area contributed by atoms with Crippen LogP contribution in [-0.2, 0) is 11.2 Å². The molecule has 0 saturated carbocycles. The van der Waals surface area contributed by atoms with Crippen molar-refractivity contribution in [3.05, 3.63) is 95.7 Å². The summed E-state index contributed by atoms with van der Waals surface area (Å²) in [5.74, 6) is -0.335. The normalized spacial score (nSPS) is 11.6. The van der Waals surface area contributed by atoms with Gasteiger partial charge >= 0.3 is 5.97 Å². The molecule has 0 aliphatic carbocycles. The Morgan fingerprint density at radius 1 is 0.931 bits per heavy atom. The van der Waals surface area contributed by atoms with Crippen LogP contribution in [0.25, 0.3) is 16.6 Å². The predicted molar refractivity (Wildman–Crippen MR) is 115 cm³/mol. The van der Waals surface area contributed by atoms with Crippen molar-refractivity contribution in [2.24, 2.45) is 0 Å². The van der Waals surface area contributed by atoms with Gasteiger partial charge in [0, 0.05) is 11.8 Å². The summed E-state index contributed by atoms with van der Waals surface area (Å²) >= 11 is 0. The largest absolute Gasteiger partial charge is 0.456 e. The second-order valence-corrected chi connectivity index (χ2v) is 8.09. The molecule has 0 aliphatic rings. The fourth-order valence-corrected chi connectivity index (χ4v) is 3.35. The van der Waals surface area contributed by atoms with Gasteiger partial charge in [0.25, 0.3) is 0 Å². The van der Waals surface area contributed by atoms with Crippen LogP contribution >= 0.6 is 0 Å². The molecule has 4 rings (SSSR count). The molecule has 0 bridgehead atoms. The van der Waals surface area contributed by atoms with Gasteiger partial charge in [0.1, 0.15) is 5.60 Å². The van der Waals surface area contributed by atoms with Crippen LogP contribution in [-0.4, -0.2) is 21.4 Å². The van der Waals surface area contributed by atoms with Crippen LogP contribution in [0.4, 0.5) is 0 Å². The summed E-state index contributed by atoms with van der Waals surface area (Å²) in [6.45, 7) is 5.60. The minimum atomic E-state index is -0.534. The van der Waals surface area contributed by atoms with Gasteiger partial charge in [-0.25, -0.2) is 9.48 Å². The first-order valence-corrected chi connectivity index (χ1v) is 9.75. The molecule has 0 atom stereocenters. The number of benzene rings is 3. The summed E-state index contributed by atoms with van der Waals surface area (Å²) < 4.78 is 7.49. The lowest BCUT2D eigenvalue weighted by Crippen LogP contribution is -2.23. The van der Waals surface area contributed by atoms with Crippen molar-refractivity contribution >= 4 is 16.9 Å². The topological polar surface area (TPSA) is 44.1 Å². The highest BCUT2D eigenvalue weighted by Crippen LogP contribution is 2.26. The molecule has 0 fully saturated rings.